The first-order valence-corrected chi connectivity index (χ1v) is 8.38. The highest BCUT2D eigenvalue weighted by atomic mass is 35.5. The zero-order valence-electron chi connectivity index (χ0n) is 12.5. The topological polar surface area (TPSA) is 88.2 Å². The van der Waals surface area contributed by atoms with Gasteiger partial charge in [-0.15, -0.1) is 24.8 Å². The number of hydrogen-bond acceptors (Lipinski definition) is 5. The SMILES string of the molecule is Cc1cncc(NC(=O)C2(S(C)(=O)=O)CCNCC2)c1.Cl.Cl. The van der Waals surface area contributed by atoms with Crippen molar-refractivity contribution in [3.8, 4) is 0 Å². The van der Waals surface area contributed by atoms with Gasteiger partial charge in [-0.1, -0.05) is 0 Å². The number of piperidine rings is 1. The number of hydrogen-bond donors (Lipinski definition) is 2. The lowest BCUT2D eigenvalue weighted by atomic mass is 9.95. The molecule has 0 unspecified atom stereocenters. The minimum Gasteiger partial charge on any atom is -0.323 e. The smallest absolute Gasteiger partial charge is 0.245 e. The van der Waals surface area contributed by atoms with E-state index >= 15 is 0 Å². The number of sulfone groups is 1. The van der Waals surface area contributed by atoms with Crippen LogP contribution in [0.1, 0.15) is 18.4 Å². The van der Waals surface area contributed by atoms with Crippen LogP contribution in [0, 0.1) is 6.92 Å². The van der Waals surface area contributed by atoms with Gasteiger partial charge in [-0.3, -0.25) is 9.78 Å². The molecule has 0 spiro atoms. The third-order valence-corrected chi connectivity index (χ3v) is 5.68. The molecule has 0 bridgehead atoms. The van der Waals surface area contributed by atoms with Gasteiger partial charge in [0.25, 0.3) is 0 Å². The standard InChI is InChI=1S/C13H19N3O3S.2ClH/c1-10-7-11(9-15-8-10)16-12(17)13(20(2,18)19)3-5-14-6-4-13;;/h7-9,14H,3-6H2,1-2H3,(H,16,17);2*1H. The van der Waals surface area contributed by atoms with E-state index < -0.39 is 20.5 Å². The molecule has 6 nitrogen and oxygen atoms in total. The average molecular weight is 370 g/mol. The van der Waals surface area contributed by atoms with E-state index in [0.717, 1.165) is 11.8 Å². The van der Waals surface area contributed by atoms with Gasteiger partial charge < -0.3 is 10.6 Å². The number of carbonyl (C=O) groups excluding carboxylic acids is 1. The number of pyridine rings is 1. The van der Waals surface area contributed by atoms with Gasteiger partial charge in [0, 0.05) is 12.5 Å². The third kappa shape index (κ3) is 4.32. The van der Waals surface area contributed by atoms with Crippen molar-refractivity contribution in [2.45, 2.75) is 24.5 Å². The number of rotatable bonds is 3. The molecule has 0 atom stereocenters. The number of anilines is 1. The second-order valence-electron chi connectivity index (χ2n) is 5.22. The summed E-state index contributed by atoms with van der Waals surface area (Å²) in [7, 11) is -3.49. The fourth-order valence-corrected chi connectivity index (χ4v) is 3.80. The van der Waals surface area contributed by atoms with Crippen LogP contribution in [0.5, 0.6) is 0 Å². The quantitative estimate of drug-likeness (QED) is 0.838. The molecule has 1 aromatic heterocycles. The first-order valence-electron chi connectivity index (χ1n) is 6.49. The molecular formula is C13H21Cl2N3O3S. The summed E-state index contributed by atoms with van der Waals surface area (Å²) in [5.74, 6) is -0.464. The third-order valence-electron chi connectivity index (χ3n) is 3.67. The van der Waals surface area contributed by atoms with E-state index in [0.29, 0.717) is 18.8 Å². The summed E-state index contributed by atoms with van der Waals surface area (Å²) in [5.41, 5.74) is 1.43. The molecular weight excluding hydrogens is 349 g/mol. The lowest BCUT2D eigenvalue weighted by Crippen LogP contribution is -2.55. The van der Waals surface area contributed by atoms with E-state index in [1.165, 1.54) is 6.20 Å². The van der Waals surface area contributed by atoms with E-state index in [4.69, 9.17) is 0 Å². The van der Waals surface area contributed by atoms with Crippen LogP contribution in [-0.4, -0.2) is 43.4 Å². The van der Waals surface area contributed by atoms with Gasteiger partial charge in [-0.25, -0.2) is 8.42 Å². The Hall–Kier alpha value is -0.890. The maximum atomic E-state index is 12.5. The van der Waals surface area contributed by atoms with Crippen LogP contribution < -0.4 is 10.6 Å². The number of halogens is 2. The first kappa shape index (κ1) is 21.1. The molecule has 9 heteroatoms. The summed E-state index contributed by atoms with van der Waals surface area (Å²) < 4.78 is 22.9. The Morgan fingerprint density at radius 2 is 1.86 bits per heavy atom. The van der Waals surface area contributed by atoms with Crippen molar-refractivity contribution in [1.82, 2.24) is 10.3 Å². The molecule has 0 aromatic carbocycles. The van der Waals surface area contributed by atoms with Crippen LogP contribution in [-0.2, 0) is 14.6 Å². The number of amides is 1. The minimum absolute atomic E-state index is 0. The molecule has 0 radical (unpaired) electrons. The molecule has 2 rings (SSSR count). The maximum absolute atomic E-state index is 12.5. The monoisotopic (exact) mass is 369 g/mol. The Kier molecular flexibility index (Phi) is 7.77. The van der Waals surface area contributed by atoms with Gasteiger partial charge in [-0.05, 0) is 44.5 Å². The van der Waals surface area contributed by atoms with Crippen molar-refractivity contribution in [3.05, 3.63) is 24.0 Å². The normalized spacial score (nSPS) is 16.8. The van der Waals surface area contributed by atoms with Crippen LogP contribution in [0.2, 0.25) is 0 Å². The van der Waals surface area contributed by atoms with Gasteiger partial charge in [0.1, 0.15) is 0 Å². The Balaban J connectivity index is 0.00000220. The Morgan fingerprint density at radius 1 is 1.27 bits per heavy atom. The highest BCUT2D eigenvalue weighted by Gasteiger charge is 2.48. The minimum atomic E-state index is -3.49. The molecule has 1 amide bonds. The van der Waals surface area contributed by atoms with E-state index in [9.17, 15) is 13.2 Å². The second-order valence-corrected chi connectivity index (χ2v) is 7.55. The summed E-state index contributed by atoms with van der Waals surface area (Å²) >= 11 is 0. The van der Waals surface area contributed by atoms with Crippen molar-refractivity contribution in [2.75, 3.05) is 24.7 Å². The summed E-state index contributed by atoms with van der Waals surface area (Å²) in [6.45, 7) is 2.90. The van der Waals surface area contributed by atoms with Crippen LogP contribution >= 0.6 is 24.8 Å². The van der Waals surface area contributed by atoms with Crippen molar-refractivity contribution in [2.24, 2.45) is 0 Å². The largest absolute Gasteiger partial charge is 0.323 e. The van der Waals surface area contributed by atoms with Gasteiger partial charge >= 0.3 is 0 Å². The number of nitrogens with one attached hydrogen (secondary N) is 2. The fourth-order valence-electron chi connectivity index (χ4n) is 2.47. The molecule has 2 heterocycles. The van der Waals surface area contributed by atoms with E-state index in [1.54, 1.807) is 12.3 Å². The van der Waals surface area contributed by atoms with Gasteiger partial charge in [0.2, 0.25) is 5.91 Å². The Morgan fingerprint density at radius 3 is 2.36 bits per heavy atom. The van der Waals surface area contributed by atoms with Crippen LogP contribution in [0.15, 0.2) is 18.5 Å². The molecule has 0 aliphatic carbocycles. The lowest BCUT2D eigenvalue weighted by molar-refractivity contribution is -0.119. The second kappa shape index (κ2) is 8.10. The van der Waals surface area contributed by atoms with Gasteiger partial charge in [0.05, 0.1) is 11.9 Å². The van der Waals surface area contributed by atoms with Gasteiger partial charge in [0.15, 0.2) is 14.6 Å². The molecule has 22 heavy (non-hydrogen) atoms. The highest BCUT2D eigenvalue weighted by molar-refractivity contribution is 7.92. The van der Waals surface area contributed by atoms with E-state index in [2.05, 4.69) is 15.6 Å². The van der Waals surface area contributed by atoms with Crippen molar-refractivity contribution < 1.29 is 13.2 Å². The molecule has 1 fully saturated rings. The summed E-state index contributed by atoms with van der Waals surface area (Å²) in [6, 6.07) is 1.77. The summed E-state index contributed by atoms with van der Waals surface area (Å²) in [5, 5.41) is 5.77. The van der Waals surface area contributed by atoms with Gasteiger partial charge in [-0.2, -0.15) is 0 Å². The van der Waals surface area contributed by atoms with Crippen molar-refractivity contribution in [1.29, 1.82) is 0 Å². The highest BCUT2D eigenvalue weighted by Crippen LogP contribution is 2.29. The Bertz CT molecular complexity index is 617. The number of aromatic nitrogens is 1. The molecule has 1 aliphatic heterocycles. The predicted molar refractivity (Wildman–Crippen MR) is 91.8 cm³/mol. The fraction of sp³-hybridized carbons (Fsp3) is 0.538. The zero-order valence-corrected chi connectivity index (χ0v) is 14.9. The van der Waals surface area contributed by atoms with Crippen LogP contribution in [0.3, 0.4) is 0 Å². The average Bonchev–Trinajstić information content (AvgIpc) is 2.38. The number of carbonyl (C=O) groups is 1. The zero-order chi connectivity index (χ0) is 14.8. The van der Waals surface area contributed by atoms with Crippen molar-refractivity contribution >= 4 is 46.2 Å². The van der Waals surface area contributed by atoms with Crippen LogP contribution in [0.4, 0.5) is 5.69 Å². The Labute approximate surface area is 143 Å². The number of aryl methyl sites for hydroxylation is 1. The predicted octanol–water partition coefficient (Wildman–Crippen LogP) is 1.34. The molecule has 2 N–H and O–H groups in total. The molecule has 1 aromatic rings. The molecule has 1 aliphatic rings. The maximum Gasteiger partial charge on any atom is 0.245 e. The van der Waals surface area contributed by atoms with Crippen LogP contribution in [0.25, 0.3) is 0 Å². The number of nitrogens with zero attached hydrogens (tertiary/aromatic N) is 1. The molecule has 0 saturated carbocycles. The summed E-state index contributed by atoms with van der Waals surface area (Å²) in [6.07, 6.45) is 4.90. The van der Waals surface area contributed by atoms with Crippen molar-refractivity contribution in [3.63, 3.8) is 0 Å². The lowest BCUT2D eigenvalue weighted by Gasteiger charge is -2.34. The molecule has 126 valence electrons. The van der Waals surface area contributed by atoms with E-state index in [-0.39, 0.29) is 37.7 Å². The summed E-state index contributed by atoms with van der Waals surface area (Å²) in [4.78, 5) is 16.5. The molecule has 1 saturated heterocycles. The first-order chi connectivity index (χ1) is 9.35. The van der Waals surface area contributed by atoms with E-state index in [1.807, 2.05) is 6.92 Å².